The van der Waals surface area contributed by atoms with Gasteiger partial charge in [0.15, 0.2) is 0 Å². The molecule has 94 valence electrons. The molecule has 1 rings (SSSR count). The third kappa shape index (κ3) is 3.27. The lowest BCUT2D eigenvalue weighted by atomic mass is 10.2. The summed E-state index contributed by atoms with van der Waals surface area (Å²) in [6.07, 6.45) is 4.39. The van der Waals surface area contributed by atoms with Crippen molar-refractivity contribution in [1.29, 1.82) is 0 Å². The smallest absolute Gasteiger partial charge is 0.353 e. The zero-order valence-corrected chi connectivity index (χ0v) is 10.1. The number of nitrogens with zero attached hydrogens (tertiary/aromatic N) is 4. The maximum Gasteiger partial charge on any atom is 0.353 e. The molecule has 7 heteroatoms. The summed E-state index contributed by atoms with van der Waals surface area (Å²) in [6, 6.07) is 0. The largest absolute Gasteiger partial charge is 0.378 e. The number of anilines is 2. The van der Waals surface area contributed by atoms with E-state index >= 15 is 0 Å². The molecular formula is C10H17N5O2. The highest BCUT2D eigenvalue weighted by atomic mass is 16.6. The van der Waals surface area contributed by atoms with Crippen LogP contribution in [0.5, 0.6) is 0 Å². The van der Waals surface area contributed by atoms with Gasteiger partial charge in [0.2, 0.25) is 11.6 Å². The average molecular weight is 239 g/mol. The molecule has 0 spiro atoms. The van der Waals surface area contributed by atoms with Gasteiger partial charge in [-0.05, 0) is 6.42 Å². The fourth-order valence-corrected chi connectivity index (χ4v) is 1.54. The molecule has 1 aromatic heterocycles. The average Bonchev–Trinajstić information content (AvgIpc) is 2.28. The first-order valence-corrected chi connectivity index (χ1v) is 5.54. The van der Waals surface area contributed by atoms with Crippen molar-refractivity contribution in [2.75, 3.05) is 24.2 Å². The zero-order valence-electron chi connectivity index (χ0n) is 10.1. The molecule has 17 heavy (non-hydrogen) atoms. The third-order valence-corrected chi connectivity index (χ3v) is 2.47. The van der Waals surface area contributed by atoms with Crippen LogP contribution in [0.2, 0.25) is 0 Å². The van der Waals surface area contributed by atoms with E-state index in [9.17, 15) is 10.1 Å². The molecule has 1 heterocycles. The van der Waals surface area contributed by atoms with Crippen molar-refractivity contribution in [3.63, 3.8) is 0 Å². The Balaban J connectivity index is 2.89. The molecule has 0 fully saturated rings. The van der Waals surface area contributed by atoms with Gasteiger partial charge in [-0.1, -0.05) is 19.8 Å². The Morgan fingerprint density at radius 2 is 2.18 bits per heavy atom. The predicted molar refractivity (Wildman–Crippen MR) is 65.9 cm³/mol. The Kier molecular flexibility index (Phi) is 4.62. The van der Waals surface area contributed by atoms with Gasteiger partial charge in [0.1, 0.15) is 6.33 Å². The van der Waals surface area contributed by atoms with Gasteiger partial charge in [-0.2, -0.15) is 0 Å². The molecule has 2 N–H and O–H groups in total. The van der Waals surface area contributed by atoms with Gasteiger partial charge in [-0.25, -0.2) is 9.97 Å². The van der Waals surface area contributed by atoms with Crippen molar-refractivity contribution in [2.24, 2.45) is 0 Å². The highest BCUT2D eigenvalue weighted by molar-refractivity contribution is 5.67. The molecule has 0 bridgehead atoms. The van der Waals surface area contributed by atoms with Gasteiger partial charge in [0.05, 0.1) is 4.92 Å². The number of nitro groups is 1. The number of rotatable bonds is 6. The summed E-state index contributed by atoms with van der Waals surface area (Å²) in [7, 11) is 1.77. The van der Waals surface area contributed by atoms with Gasteiger partial charge in [-0.15, -0.1) is 0 Å². The van der Waals surface area contributed by atoms with Crippen LogP contribution >= 0.6 is 0 Å². The number of hydrogen-bond acceptors (Lipinski definition) is 6. The Morgan fingerprint density at radius 1 is 1.47 bits per heavy atom. The highest BCUT2D eigenvalue weighted by Gasteiger charge is 2.23. The molecule has 0 aliphatic carbocycles. The van der Waals surface area contributed by atoms with E-state index in [-0.39, 0.29) is 17.3 Å². The molecule has 0 unspecified atom stereocenters. The van der Waals surface area contributed by atoms with Crippen LogP contribution in [0.1, 0.15) is 26.2 Å². The van der Waals surface area contributed by atoms with Crippen molar-refractivity contribution < 1.29 is 4.92 Å². The first-order chi connectivity index (χ1) is 8.07. The summed E-state index contributed by atoms with van der Waals surface area (Å²) in [5.41, 5.74) is 5.28. The molecule has 0 amide bonds. The van der Waals surface area contributed by atoms with Crippen molar-refractivity contribution >= 4 is 17.3 Å². The molecule has 0 atom stereocenters. The molecule has 0 radical (unpaired) electrons. The van der Waals surface area contributed by atoms with E-state index in [4.69, 9.17) is 5.73 Å². The van der Waals surface area contributed by atoms with Crippen LogP contribution in [0.15, 0.2) is 6.33 Å². The molecule has 0 saturated heterocycles. The molecule has 0 aromatic carbocycles. The van der Waals surface area contributed by atoms with Crippen LogP contribution in [0, 0.1) is 10.1 Å². The van der Waals surface area contributed by atoms with Crippen molar-refractivity contribution in [2.45, 2.75) is 26.2 Å². The molecule has 1 aromatic rings. The molecule has 0 saturated carbocycles. The minimum Gasteiger partial charge on any atom is -0.378 e. The second-order valence-corrected chi connectivity index (χ2v) is 3.82. The van der Waals surface area contributed by atoms with E-state index in [0.717, 1.165) is 19.3 Å². The highest BCUT2D eigenvalue weighted by Crippen LogP contribution is 2.28. The standard InChI is InChI=1S/C10H17N5O2/c1-3-4-5-6-14(2)10-8(15(16)17)9(11)12-7-13-10/h7H,3-6H2,1-2H3,(H2,11,12,13). The summed E-state index contributed by atoms with van der Waals surface area (Å²) in [6.45, 7) is 2.82. The van der Waals surface area contributed by atoms with Gasteiger partial charge < -0.3 is 10.6 Å². The second-order valence-electron chi connectivity index (χ2n) is 3.82. The summed E-state index contributed by atoms with van der Waals surface area (Å²) in [5.74, 6) is 0.181. The lowest BCUT2D eigenvalue weighted by Gasteiger charge is -2.17. The molecule has 0 aliphatic heterocycles. The van der Waals surface area contributed by atoms with Gasteiger partial charge in [0.25, 0.3) is 0 Å². The maximum atomic E-state index is 10.9. The van der Waals surface area contributed by atoms with Crippen molar-refractivity contribution in [1.82, 2.24) is 9.97 Å². The fourth-order valence-electron chi connectivity index (χ4n) is 1.54. The van der Waals surface area contributed by atoms with Gasteiger partial charge in [-0.3, -0.25) is 10.1 Å². The summed E-state index contributed by atoms with van der Waals surface area (Å²) in [4.78, 5) is 19.7. The Hall–Kier alpha value is -1.92. The molecular weight excluding hydrogens is 222 g/mol. The van der Waals surface area contributed by atoms with E-state index in [1.807, 2.05) is 0 Å². The van der Waals surface area contributed by atoms with Gasteiger partial charge >= 0.3 is 5.69 Å². The first kappa shape index (κ1) is 13.1. The fraction of sp³-hybridized carbons (Fsp3) is 0.600. The number of aromatic nitrogens is 2. The van der Waals surface area contributed by atoms with E-state index in [1.54, 1.807) is 11.9 Å². The number of nitrogen functional groups attached to an aromatic ring is 1. The monoisotopic (exact) mass is 239 g/mol. The van der Waals surface area contributed by atoms with Gasteiger partial charge in [0, 0.05) is 13.6 Å². The van der Waals surface area contributed by atoms with Crippen LogP contribution in [0.3, 0.4) is 0 Å². The minimum atomic E-state index is -0.541. The van der Waals surface area contributed by atoms with Crippen LogP contribution in [-0.2, 0) is 0 Å². The first-order valence-electron chi connectivity index (χ1n) is 5.54. The van der Waals surface area contributed by atoms with Crippen molar-refractivity contribution in [3.05, 3.63) is 16.4 Å². The Labute approximate surface area is 99.8 Å². The van der Waals surface area contributed by atoms with E-state index < -0.39 is 4.92 Å². The Bertz CT molecular complexity index is 396. The number of unbranched alkanes of at least 4 members (excludes halogenated alkanes) is 2. The maximum absolute atomic E-state index is 10.9. The predicted octanol–water partition coefficient (Wildman–Crippen LogP) is 1.59. The van der Waals surface area contributed by atoms with Crippen LogP contribution in [0.4, 0.5) is 17.3 Å². The lowest BCUT2D eigenvalue weighted by Crippen LogP contribution is -2.21. The SMILES string of the molecule is CCCCCN(C)c1ncnc(N)c1[N+](=O)[O-]. The number of nitrogens with two attached hydrogens (primary N) is 1. The summed E-state index contributed by atoms with van der Waals surface area (Å²) >= 11 is 0. The summed E-state index contributed by atoms with van der Waals surface area (Å²) in [5, 5.41) is 10.9. The van der Waals surface area contributed by atoms with E-state index in [0.29, 0.717) is 6.54 Å². The quantitative estimate of drug-likeness (QED) is 0.460. The van der Waals surface area contributed by atoms with Crippen LogP contribution in [-0.4, -0.2) is 28.5 Å². The third-order valence-electron chi connectivity index (χ3n) is 2.47. The molecule has 7 nitrogen and oxygen atoms in total. The van der Waals surface area contributed by atoms with Crippen molar-refractivity contribution in [3.8, 4) is 0 Å². The zero-order chi connectivity index (χ0) is 12.8. The normalized spacial score (nSPS) is 10.2. The van der Waals surface area contributed by atoms with Crippen LogP contribution in [0.25, 0.3) is 0 Å². The van der Waals surface area contributed by atoms with E-state index in [2.05, 4.69) is 16.9 Å². The van der Waals surface area contributed by atoms with Crippen LogP contribution < -0.4 is 10.6 Å². The molecule has 0 aliphatic rings. The second kappa shape index (κ2) is 5.97. The lowest BCUT2D eigenvalue weighted by molar-refractivity contribution is -0.383. The Morgan fingerprint density at radius 3 is 2.76 bits per heavy atom. The topological polar surface area (TPSA) is 98.2 Å². The number of hydrogen-bond donors (Lipinski definition) is 1. The minimum absolute atomic E-state index is 0.0951. The summed E-state index contributed by atoms with van der Waals surface area (Å²) < 4.78 is 0. The van der Waals surface area contributed by atoms with E-state index in [1.165, 1.54) is 6.33 Å².